The van der Waals surface area contributed by atoms with E-state index in [1.807, 2.05) is 42.5 Å². The molecule has 0 heterocycles. The normalized spacial score (nSPS) is 12.0. The van der Waals surface area contributed by atoms with E-state index in [1.54, 1.807) is 14.0 Å². The summed E-state index contributed by atoms with van der Waals surface area (Å²) in [4.78, 5) is 0. The van der Waals surface area contributed by atoms with E-state index in [0.29, 0.717) is 12.4 Å². The lowest BCUT2D eigenvalue weighted by Crippen LogP contribution is -2.01. The molecule has 0 saturated heterocycles. The quantitative estimate of drug-likeness (QED) is 0.893. The second-order valence-corrected chi connectivity index (χ2v) is 5.41. The van der Waals surface area contributed by atoms with Gasteiger partial charge < -0.3 is 14.6 Å². The van der Waals surface area contributed by atoms with E-state index in [0.717, 1.165) is 21.3 Å². The number of aliphatic hydroxyl groups excluding tert-OH is 1. The van der Waals surface area contributed by atoms with E-state index in [1.165, 1.54) is 0 Å². The molecule has 0 aliphatic rings. The number of hydrogen-bond donors (Lipinski definition) is 1. The Bertz CT molecular complexity index is 564. The van der Waals surface area contributed by atoms with Crippen molar-refractivity contribution in [2.24, 2.45) is 0 Å². The Balaban J connectivity index is 2.11. The van der Waals surface area contributed by atoms with Gasteiger partial charge in [0.25, 0.3) is 0 Å². The number of aliphatic hydroxyl groups is 1. The molecule has 1 atom stereocenters. The Kier molecular flexibility index (Phi) is 5.04. The molecule has 0 aliphatic carbocycles. The number of hydrogen-bond acceptors (Lipinski definition) is 3. The largest absolute Gasteiger partial charge is 0.497 e. The van der Waals surface area contributed by atoms with Crippen LogP contribution in [0, 0.1) is 0 Å². The zero-order chi connectivity index (χ0) is 14.5. The second kappa shape index (κ2) is 6.77. The average molecular weight is 337 g/mol. The summed E-state index contributed by atoms with van der Waals surface area (Å²) in [6.07, 6.45) is -0.561. The minimum atomic E-state index is -0.561. The highest BCUT2D eigenvalue weighted by Crippen LogP contribution is 2.29. The first-order valence-corrected chi connectivity index (χ1v) is 7.12. The maximum Gasteiger partial charge on any atom is 0.126 e. The zero-order valence-electron chi connectivity index (χ0n) is 11.5. The van der Waals surface area contributed by atoms with Crippen LogP contribution < -0.4 is 9.47 Å². The molecule has 0 radical (unpaired) electrons. The Hall–Kier alpha value is -1.52. The molecule has 3 nitrogen and oxygen atoms in total. The molecule has 2 aromatic carbocycles. The first kappa shape index (κ1) is 14.9. The molecular formula is C16H17BrO3. The second-order valence-electron chi connectivity index (χ2n) is 4.49. The Morgan fingerprint density at radius 2 is 1.85 bits per heavy atom. The van der Waals surface area contributed by atoms with Gasteiger partial charge in [-0.15, -0.1) is 0 Å². The molecule has 106 valence electrons. The predicted molar refractivity (Wildman–Crippen MR) is 82.1 cm³/mol. The molecule has 0 amide bonds. The molecule has 20 heavy (non-hydrogen) atoms. The molecule has 0 fully saturated rings. The van der Waals surface area contributed by atoms with Crippen LogP contribution in [0.2, 0.25) is 0 Å². The van der Waals surface area contributed by atoms with Gasteiger partial charge >= 0.3 is 0 Å². The van der Waals surface area contributed by atoms with Crippen LogP contribution in [0.3, 0.4) is 0 Å². The lowest BCUT2D eigenvalue weighted by atomic mass is 10.1. The molecule has 0 saturated carbocycles. The van der Waals surface area contributed by atoms with Gasteiger partial charge in [-0.2, -0.15) is 0 Å². The molecule has 0 unspecified atom stereocenters. The van der Waals surface area contributed by atoms with Crippen LogP contribution in [0.15, 0.2) is 46.9 Å². The van der Waals surface area contributed by atoms with Crippen molar-refractivity contribution in [3.63, 3.8) is 0 Å². The third kappa shape index (κ3) is 3.74. The number of benzene rings is 2. The maximum atomic E-state index is 9.75. The highest BCUT2D eigenvalue weighted by atomic mass is 79.9. The van der Waals surface area contributed by atoms with Crippen LogP contribution in [0.25, 0.3) is 0 Å². The fourth-order valence-electron chi connectivity index (χ4n) is 1.86. The molecule has 0 spiro atoms. The van der Waals surface area contributed by atoms with Crippen molar-refractivity contribution in [3.8, 4) is 11.5 Å². The highest BCUT2D eigenvalue weighted by Gasteiger charge is 2.10. The van der Waals surface area contributed by atoms with Crippen molar-refractivity contribution < 1.29 is 14.6 Å². The number of methoxy groups -OCH3 is 1. The van der Waals surface area contributed by atoms with Gasteiger partial charge in [-0.25, -0.2) is 0 Å². The predicted octanol–water partition coefficient (Wildman–Crippen LogP) is 4.09. The van der Waals surface area contributed by atoms with E-state index in [-0.39, 0.29) is 0 Å². The summed E-state index contributed by atoms with van der Waals surface area (Å²) >= 11 is 3.41. The minimum Gasteiger partial charge on any atom is -0.497 e. The van der Waals surface area contributed by atoms with E-state index < -0.39 is 6.10 Å². The van der Waals surface area contributed by atoms with E-state index >= 15 is 0 Å². The summed E-state index contributed by atoms with van der Waals surface area (Å²) in [7, 11) is 1.64. The van der Waals surface area contributed by atoms with Crippen LogP contribution in [-0.4, -0.2) is 12.2 Å². The van der Waals surface area contributed by atoms with Gasteiger partial charge in [0, 0.05) is 10.0 Å². The van der Waals surface area contributed by atoms with Gasteiger partial charge in [0.2, 0.25) is 0 Å². The Morgan fingerprint density at radius 3 is 2.45 bits per heavy atom. The van der Waals surface area contributed by atoms with Crippen LogP contribution in [0.5, 0.6) is 11.5 Å². The summed E-state index contributed by atoms with van der Waals surface area (Å²) in [6, 6.07) is 13.3. The molecule has 0 bridgehead atoms. The van der Waals surface area contributed by atoms with Gasteiger partial charge in [0.15, 0.2) is 0 Å². The summed E-state index contributed by atoms with van der Waals surface area (Å²) in [5.74, 6) is 1.51. The summed E-state index contributed by atoms with van der Waals surface area (Å²) in [5, 5.41) is 9.75. The zero-order valence-corrected chi connectivity index (χ0v) is 13.1. The van der Waals surface area contributed by atoms with Crippen LogP contribution in [-0.2, 0) is 6.61 Å². The SMILES string of the molecule is COc1ccc(COc2cc(Br)ccc2[C@H](C)O)cc1. The average Bonchev–Trinajstić information content (AvgIpc) is 2.45. The van der Waals surface area contributed by atoms with Gasteiger partial charge in [-0.05, 0) is 36.8 Å². The minimum absolute atomic E-state index is 0.445. The molecule has 0 aliphatic heterocycles. The van der Waals surface area contributed by atoms with E-state index in [4.69, 9.17) is 9.47 Å². The van der Waals surface area contributed by atoms with E-state index in [9.17, 15) is 5.11 Å². The standard InChI is InChI=1S/C16H17BrO3/c1-11(18)15-8-5-13(17)9-16(15)20-10-12-3-6-14(19-2)7-4-12/h3-9,11,18H,10H2,1-2H3/t11-/m0/s1. The third-order valence-electron chi connectivity index (χ3n) is 2.98. The highest BCUT2D eigenvalue weighted by molar-refractivity contribution is 9.10. The molecule has 0 aromatic heterocycles. The topological polar surface area (TPSA) is 38.7 Å². The van der Waals surface area contributed by atoms with Crippen LogP contribution in [0.4, 0.5) is 0 Å². The smallest absolute Gasteiger partial charge is 0.126 e. The van der Waals surface area contributed by atoms with Crippen molar-refractivity contribution in [3.05, 3.63) is 58.1 Å². The monoisotopic (exact) mass is 336 g/mol. The molecule has 4 heteroatoms. The van der Waals surface area contributed by atoms with E-state index in [2.05, 4.69) is 15.9 Å². The number of ether oxygens (including phenoxy) is 2. The molecule has 2 aromatic rings. The summed E-state index contributed by atoms with van der Waals surface area (Å²) in [5.41, 5.74) is 1.82. The fraction of sp³-hybridized carbons (Fsp3) is 0.250. The molecule has 1 N–H and O–H groups in total. The Morgan fingerprint density at radius 1 is 1.15 bits per heavy atom. The molecule has 2 rings (SSSR count). The van der Waals surface area contributed by atoms with Gasteiger partial charge in [0.1, 0.15) is 18.1 Å². The van der Waals surface area contributed by atoms with Crippen molar-refractivity contribution in [1.29, 1.82) is 0 Å². The summed E-state index contributed by atoms with van der Waals surface area (Å²) in [6.45, 7) is 2.17. The van der Waals surface area contributed by atoms with Crippen LogP contribution >= 0.6 is 15.9 Å². The lowest BCUT2D eigenvalue weighted by Gasteiger charge is -2.14. The van der Waals surface area contributed by atoms with Crippen molar-refractivity contribution >= 4 is 15.9 Å². The number of halogens is 1. The van der Waals surface area contributed by atoms with Crippen molar-refractivity contribution in [1.82, 2.24) is 0 Å². The maximum absolute atomic E-state index is 9.75. The molecular weight excluding hydrogens is 320 g/mol. The third-order valence-corrected chi connectivity index (χ3v) is 3.47. The van der Waals surface area contributed by atoms with Crippen molar-refractivity contribution in [2.75, 3.05) is 7.11 Å². The summed E-state index contributed by atoms with van der Waals surface area (Å²) < 4.78 is 11.8. The Labute approximate surface area is 127 Å². The van der Waals surface area contributed by atoms with Crippen LogP contribution in [0.1, 0.15) is 24.2 Å². The first-order valence-electron chi connectivity index (χ1n) is 6.33. The van der Waals surface area contributed by atoms with Crippen molar-refractivity contribution in [2.45, 2.75) is 19.6 Å². The van der Waals surface area contributed by atoms with Gasteiger partial charge in [-0.3, -0.25) is 0 Å². The fourth-order valence-corrected chi connectivity index (χ4v) is 2.20. The van der Waals surface area contributed by atoms with Gasteiger partial charge in [-0.1, -0.05) is 34.1 Å². The van der Waals surface area contributed by atoms with Gasteiger partial charge in [0.05, 0.1) is 13.2 Å². The number of rotatable bonds is 5. The first-order chi connectivity index (χ1) is 9.60. The lowest BCUT2D eigenvalue weighted by molar-refractivity contribution is 0.190.